The van der Waals surface area contributed by atoms with Crippen molar-refractivity contribution in [1.82, 2.24) is 0 Å². The van der Waals surface area contributed by atoms with Crippen molar-refractivity contribution < 1.29 is 0 Å². The van der Waals surface area contributed by atoms with Crippen LogP contribution in [-0.4, -0.2) is 0 Å². The fourth-order valence-corrected chi connectivity index (χ4v) is 2.78. The molecular weight excluding hydrogens is 312 g/mol. The Bertz CT molecular complexity index is 781. The Balaban J connectivity index is 2.12. The van der Waals surface area contributed by atoms with Crippen LogP contribution in [0.4, 0.5) is 17.1 Å². The smallest absolute Gasteiger partial charge is 0.0464 e. The maximum atomic E-state index is 5.96. The van der Waals surface area contributed by atoms with Crippen LogP contribution in [0.15, 0.2) is 59.1 Å². The monoisotopic (exact) mass is 326 g/mol. The molecule has 0 unspecified atom stereocenters. The zero-order valence-electron chi connectivity index (χ0n) is 11.2. The van der Waals surface area contributed by atoms with Gasteiger partial charge in [0, 0.05) is 26.9 Å². The first kappa shape index (κ1) is 13.0. The van der Waals surface area contributed by atoms with Crippen LogP contribution in [0.2, 0.25) is 0 Å². The molecule has 0 amide bonds. The van der Waals surface area contributed by atoms with E-state index in [0.717, 1.165) is 27.1 Å². The highest BCUT2D eigenvalue weighted by Gasteiger charge is 2.06. The minimum atomic E-state index is 0.802. The Kier molecular flexibility index (Phi) is 3.36. The summed E-state index contributed by atoms with van der Waals surface area (Å²) >= 11 is 3.59. The zero-order valence-corrected chi connectivity index (χ0v) is 12.7. The predicted octanol–water partition coefficient (Wildman–Crippen LogP) is 5.24. The molecule has 3 heteroatoms. The number of nitrogen functional groups attached to an aromatic ring is 1. The van der Waals surface area contributed by atoms with Gasteiger partial charge in [-0.2, -0.15) is 0 Å². The number of hydrogen-bond donors (Lipinski definition) is 2. The quantitative estimate of drug-likeness (QED) is 0.632. The van der Waals surface area contributed by atoms with Crippen molar-refractivity contribution in [3.05, 3.63) is 64.6 Å². The van der Waals surface area contributed by atoms with E-state index in [0.29, 0.717) is 0 Å². The summed E-state index contributed by atoms with van der Waals surface area (Å²) in [5, 5.41) is 5.86. The largest absolute Gasteiger partial charge is 0.398 e. The highest BCUT2D eigenvalue weighted by molar-refractivity contribution is 9.10. The third-order valence-electron chi connectivity index (χ3n) is 3.52. The van der Waals surface area contributed by atoms with Crippen molar-refractivity contribution in [2.75, 3.05) is 11.1 Å². The Morgan fingerprint density at radius 2 is 1.60 bits per heavy atom. The number of benzene rings is 3. The molecule has 0 spiro atoms. The Hall–Kier alpha value is -2.00. The van der Waals surface area contributed by atoms with Crippen LogP contribution in [0, 0.1) is 6.92 Å². The molecule has 0 saturated carbocycles. The third kappa shape index (κ3) is 2.25. The molecule has 0 fully saturated rings. The summed E-state index contributed by atoms with van der Waals surface area (Å²) in [7, 11) is 0. The lowest BCUT2D eigenvalue weighted by molar-refractivity contribution is 1.44. The molecule has 0 saturated heterocycles. The average Bonchev–Trinajstić information content (AvgIpc) is 2.47. The molecule has 100 valence electrons. The van der Waals surface area contributed by atoms with Gasteiger partial charge < -0.3 is 11.1 Å². The van der Waals surface area contributed by atoms with Gasteiger partial charge in [0.25, 0.3) is 0 Å². The van der Waals surface area contributed by atoms with Gasteiger partial charge in [0.15, 0.2) is 0 Å². The molecule has 0 radical (unpaired) electrons. The number of fused-ring (bicyclic) bond motifs is 1. The van der Waals surface area contributed by atoms with E-state index >= 15 is 0 Å². The van der Waals surface area contributed by atoms with Crippen LogP contribution in [0.1, 0.15) is 5.56 Å². The molecule has 2 nitrogen and oxygen atoms in total. The molecule has 3 aromatic carbocycles. The lowest BCUT2D eigenvalue weighted by atomic mass is 10.1. The van der Waals surface area contributed by atoms with Crippen LogP contribution in [0.3, 0.4) is 0 Å². The minimum Gasteiger partial charge on any atom is -0.398 e. The number of nitrogens with one attached hydrogen (secondary N) is 1. The van der Waals surface area contributed by atoms with E-state index in [2.05, 4.69) is 45.5 Å². The maximum Gasteiger partial charge on any atom is 0.0464 e. The molecule has 3 rings (SSSR count). The number of halogens is 1. The van der Waals surface area contributed by atoms with Gasteiger partial charge in [0.05, 0.1) is 0 Å². The summed E-state index contributed by atoms with van der Waals surface area (Å²) in [4.78, 5) is 0. The Morgan fingerprint density at radius 1 is 0.850 bits per heavy atom. The molecule has 0 aliphatic heterocycles. The predicted molar refractivity (Wildman–Crippen MR) is 90.5 cm³/mol. The highest BCUT2D eigenvalue weighted by atomic mass is 79.9. The lowest BCUT2D eigenvalue weighted by Gasteiger charge is -2.14. The van der Waals surface area contributed by atoms with E-state index in [-0.39, 0.29) is 0 Å². The average molecular weight is 327 g/mol. The van der Waals surface area contributed by atoms with Crippen molar-refractivity contribution in [2.45, 2.75) is 6.92 Å². The van der Waals surface area contributed by atoms with E-state index in [1.165, 1.54) is 10.8 Å². The first-order valence-corrected chi connectivity index (χ1v) is 7.25. The van der Waals surface area contributed by atoms with Crippen LogP contribution in [-0.2, 0) is 0 Å². The van der Waals surface area contributed by atoms with Crippen molar-refractivity contribution in [1.29, 1.82) is 0 Å². The molecular formula is C17H15BrN2. The highest BCUT2D eigenvalue weighted by Crippen LogP contribution is 2.33. The summed E-state index contributed by atoms with van der Waals surface area (Å²) in [5.74, 6) is 0. The van der Waals surface area contributed by atoms with Gasteiger partial charge in [-0.3, -0.25) is 0 Å². The van der Waals surface area contributed by atoms with Crippen molar-refractivity contribution in [3.8, 4) is 0 Å². The summed E-state index contributed by atoms with van der Waals surface area (Å²) in [6.45, 7) is 2.03. The molecule has 20 heavy (non-hydrogen) atoms. The minimum absolute atomic E-state index is 0.802. The van der Waals surface area contributed by atoms with Gasteiger partial charge in [-0.25, -0.2) is 0 Å². The second-order valence-corrected chi connectivity index (χ2v) is 5.64. The van der Waals surface area contributed by atoms with E-state index in [9.17, 15) is 0 Å². The second-order valence-electron chi connectivity index (χ2n) is 4.79. The van der Waals surface area contributed by atoms with E-state index in [1.54, 1.807) is 0 Å². The number of rotatable bonds is 2. The normalized spacial score (nSPS) is 10.7. The zero-order chi connectivity index (χ0) is 14.1. The van der Waals surface area contributed by atoms with E-state index in [4.69, 9.17) is 5.73 Å². The fourth-order valence-electron chi connectivity index (χ4n) is 2.31. The summed E-state index contributed by atoms with van der Waals surface area (Å²) < 4.78 is 1.10. The molecule has 0 bridgehead atoms. The number of nitrogens with two attached hydrogens (primary N) is 1. The first-order chi connectivity index (χ1) is 9.66. The molecule has 0 aromatic heterocycles. The molecule has 0 aliphatic carbocycles. The van der Waals surface area contributed by atoms with Gasteiger partial charge in [0.1, 0.15) is 0 Å². The number of anilines is 3. The van der Waals surface area contributed by atoms with E-state index < -0.39 is 0 Å². The molecule has 3 aromatic rings. The van der Waals surface area contributed by atoms with Crippen molar-refractivity contribution in [2.24, 2.45) is 0 Å². The Morgan fingerprint density at radius 3 is 2.40 bits per heavy atom. The summed E-state index contributed by atoms with van der Waals surface area (Å²) in [6.07, 6.45) is 0. The molecule has 3 N–H and O–H groups in total. The van der Waals surface area contributed by atoms with Crippen molar-refractivity contribution in [3.63, 3.8) is 0 Å². The van der Waals surface area contributed by atoms with Crippen LogP contribution < -0.4 is 11.1 Å². The second kappa shape index (κ2) is 5.17. The molecule has 0 atom stereocenters. The number of hydrogen-bond acceptors (Lipinski definition) is 2. The van der Waals surface area contributed by atoms with Crippen LogP contribution in [0.25, 0.3) is 10.8 Å². The standard InChI is InChI=1S/C17H15BrN2/c1-11-15(19)7-4-8-16(11)20-17-10-9-14(18)12-5-2-3-6-13(12)17/h2-10,20H,19H2,1H3. The van der Waals surface area contributed by atoms with Crippen LogP contribution >= 0.6 is 15.9 Å². The third-order valence-corrected chi connectivity index (χ3v) is 4.21. The Labute approximate surface area is 126 Å². The SMILES string of the molecule is Cc1c(N)cccc1Nc1ccc(Br)c2ccccc12. The first-order valence-electron chi connectivity index (χ1n) is 6.46. The van der Waals surface area contributed by atoms with Crippen molar-refractivity contribution >= 4 is 43.8 Å². The van der Waals surface area contributed by atoms with Crippen LogP contribution in [0.5, 0.6) is 0 Å². The maximum absolute atomic E-state index is 5.96. The van der Waals surface area contributed by atoms with Gasteiger partial charge in [0.2, 0.25) is 0 Å². The summed E-state index contributed by atoms with van der Waals surface area (Å²) in [5.41, 5.74) is 9.96. The van der Waals surface area contributed by atoms with E-state index in [1.807, 2.05) is 37.3 Å². The fraction of sp³-hybridized carbons (Fsp3) is 0.0588. The molecule has 0 heterocycles. The van der Waals surface area contributed by atoms with Gasteiger partial charge in [-0.15, -0.1) is 0 Å². The van der Waals surface area contributed by atoms with Gasteiger partial charge in [-0.1, -0.05) is 46.3 Å². The summed E-state index contributed by atoms with van der Waals surface area (Å²) in [6, 6.07) is 18.4. The molecule has 0 aliphatic rings. The van der Waals surface area contributed by atoms with Gasteiger partial charge in [-0.05, 0) is 42.1 Å². The van der Waals surface area contributed by atoms with Gasteiger partial charge >= 0.3 is 0 Å². The topological polar surface area (TPSA) is 38.0 Å². The lowest BCUT2D eigenvalue weighted by Crippen LogP contribution is -1.97.